The van der Waals surface area contributed by atoms with Gasteiger partial charge in [-0.25, -0.2) is 0 Å². The molecular formula is C10H20O. The Kier molecular flexibility index (Phi) is 6.19. The van der Waals surface area contributed by atoms with E-state index in [4.69, 9.17) is 0 Å². The predicted molar refractivity (Wildman–Crippen MR) is 48.5 cm³/mol. The highest BCUT2D eigenvalue weighted by Gasteiger charge is 2.13. The van der Waals surface area contributed by atoms with Gasteiger partial charge in [0.2, 0.25) is 0 Å². The maximum Gasteiger partial charge on any atom is 0.120 e. The Morgan fingerprint density at radius 3 is 2.36 bits per heavy atom. The van der Waals surface area contributed by atoms with Crippen LogP contribution in [0.25, 0.3) is 0 Å². The van der Waals surface area contributed by atoms with Crippen LogP contribution in [0, 0.1) is 11.8 Å². The van der Waals surface area contributed by atoms with Gasteiger partial charge in [-0.15, -0.1) is 0 Å². The van der Waals surface area contributed by atoms with Crippen LogP contribution in [-0.4, -0.2) is 6.29 Å². The molecular weight excluding hydrogens is 136 g/mol. The number of hydrogen-bond donors (Lipinski definition) is 0. The third-order valence-electron chi connectivity index (χ3n) is 2.51. The lowest BCUT2D eigenvalue weighted by Gasteiger charge is -2.19. The average molecular weight is 156 g/mol. The molecule has 66 valence electrons. The Balaban J connectivity index is 3.75. The van der Waals surface area contributed by atoms with Gasteiger partial charge in [0.25, 0.3) is 0 Å². The lowest BCUT2D eigenvalue weighted by Crippen LogP contribution is -2.11. The van der Waals surface area contributed by atoms with E-state index in [1.807, 2.05) is 0 Å². The molecule has 2 unspecified atom stereocenters. The van der Waals surface area contributed by atoms with Crippen molar-refractivity contribution in [3.05, 3.63) is 0 Å². The summed E-state index contributed by atoms with van der Waals surface area (Å²) in [5.74, 6) is 1.34. The summed E-state index contributed by atoms with van der Waals surface area (Å²) in [6, 6.07) is 0. The van der Waals surface area contributed by atoms with Crippen LogP contribution in [0.3, 0.4) is 0 Å². The summed E-state index contributed by atoms with van der Waals surface area (Å²) >= 11 is 0. The second kappa shape index (κ2) is 6.38. The van der Waals surface area contributed by atoms with Gasteiger partial charge >= 0.3 is 0 Å². The van der Waals surface area contributed by atoms with Gasteiger partial charge in [-0.3, -0.25) is 0 Å². The van der Waals surface area contributed by atoms with Crippen LogP contribution in [0.4, 0.5) is 0 Å². The summed E-state index contributed by atoms with van der Waals surface area (Å²) in [5, 5.41) is 0. The molecule has 0 amide bonds. The monoisotopic (exact) mass is 156 g/mol. The lowest BCUT2D eigenvalue weighted by molar-refractivity contribution is -0.109. The quantitative estimate of drug-likeness (QED) is 0.540. The van der Waals surface area contributed by atoms with Gasteiger partial charge in [0.1, 0.15) is 6.29 Å². The van der Waals surface area contributed by atoms with E-state index in [1.54, 1.807) is 0 Å². The van der Waals surface area contributed by atoms with Crippen LogP contribution in [0.1, 0.15) is 46.5 Å². The highest BCUT2D eigenvalue weighted by Crippen LogP contribution is 2.22. The fraction of sp³-hybridized carbons (Fsp3) is 0.900. The summed E-state index contributed by atoms with van der Waals surface area (Å²) in [6.45, 7) is 6.61. The van der Waals surface area contributed by atoms with Crippen LogP contribution in [0.5, 0.6) is 0 Å². The molecule has 0 aromatic heterocycles. The molecule has 0 radical (unpaired) electrons. The van der Waals surface area contributed by atoms with Gasteiger partial charge in [0, 0.05) is 6.42 Å². The van der Waals surface area contributed by atoms with Gasteiger partial charge in [-0.05, 0) is 11.8 Å². The van der Waals surface area contributed by atoms with Crippen molar-refractivity contribution in [2.24, 2.45) is 11.8 Å². The van der Waals surface area contributed by atoms with E-state index in [0.29, 0.717) is 11.8 Å². The van der Waals surface area contributed by atoms with Crippen LogP contribution in [0.15, 0.2) is 0 Å². The molecule has 1 heteroatoms. The van der Waals surface area contributed by atoms with Crippen molar-refractivity contribution in [2.45, 2.75) is 46.5 Å². The maximum atomic E-state index is 10.3. The molecule has 0 aliphatic rings. The molecule has 0 rings (SSSR count). The van der Waals surface area contributed by atoms with Gasteiger partial charge in [-0.2, -0.15) is 0 Å². The van der Waals surface area contributed by atoms with E-state index < -0.39 is 0 Å². The molecule has 0 aromatic rings. The zero-order valence-corrected chi connectivity index (χ0v) is 7.97. The lowest BCUT2D eigenvalue weighted by atomic mass is 9.86. The van der Waals surface area contributed by atoms with Gasteiger partial charge < -0.3 is 4.79 Å². The van der Waals surface area contributed by atoms with E-state index in [1.165, 1.54) is 19.3 Å². The largest absolute Gasteiger partial charge is 0.303 e. The zero-order valence-electron chi connectivity index (χ0n) is 7.97. The number of rotatable bonds is 6. The molecule has 2 atom stereocenters. The first-order valence-corrected chi connectivity index (χ1v) is 4.69. The Labute approximate surface area is 70.2 Å². The van der Waals surface area contributed by atoms with Crippen molar-refractivity contribution in [1.82, 2.24) is 0 Å². The summed E-state index contributed by atoms with van der Waals surface area (Å²) in [4.78, 5) is 10.3. The smallest absolute Gasteiger partial charge is 0.120 e. The number of hydrogen-bond acceptors (Lipinski definition) is 1. The molecule has 0 aromatic carbocycles. The Bertz CT molecular complexity index is 99.0. The van der Waals surface area contributed by atoms with E-state index in [-0.39, 0.29) is 0 Å². The molecule has 0 aliphatic heterocycles. The summed E-state index contributed by atoms with van der Waals surface area (Å²) in [7, 11) is 0. The molecule has 0 fully saturated rings. The fourth-order valence-corrected chi connectivity index (χ4v) is 1.46. The number of aldehydes is 1. The van der Waals surface area contributed by atoms with Crippen molar-refractivity contribution < 1.29 is 4.79 Å². The van der Waals surface area contributed by atoms with Crippen molar-refractivity contribution in [3.63, 3.8) is 0 Å². The molecule has 0 saturated carbocycles. The summed E-state index contributed by atoms with van der Waals surface area (Å²) in [6.07, 6.45) is 5.41. The molecule has 0 bridgehead atoms. The molecule has 0 saturated heterocycles. The van der Waals surface area contributed by atoms with Crippen LogP contribution >= 0.6 is 0 Å². The minimum atomic E-state index is 0.627. The SMILES string of the molecule is CCCC(CC=O)C(C)CC. The highest BCUT2D eigenvalue weighted by atomic mass is 16.1. The molecule has 0 spiro atoms. The first-order chi connectivity index (χ1) is 5.26. The molecule has 0 aliphatic carbocycles. The van der Waals surface area contributed by atoms with Crippen molar-refractivity contribution >= 4 is 6.29 Å². The Hall–Kier alpha value is -0.330. The van der Waals surface area contributed by atoms with Crippen molar-refractivity contribution in [3.8, 4) is 0 Å². The zero-order chi connectivity index (χ0) is 8.69. The first kappa shape index (κ1) is 10.7. The standard InChI is InChI=1S/C10H20O/c1-4-6-10(7-8-11)9(3)5-2/h8-10H,4-7H2,1-3H3. The first-order valence-electron chi connectivity index (χ1n) is 4.69. The topological polar surface area (TPSA) is 17.1 Å². The average Bonchev–Trinajstić information content (AvgIpc) is 2.03. The van der Waals surface area contributed by atoms with Crippen molar-refractivity contribution in [1.29, 1.82) is 0 Å². The van der Waals surface area contributed by atoms with E-state index in [2.05, 4.69) is 20.8 Å². The normalized spacial score (nSPS) is 15.9. The van der Waals surface area contributed by atoms with Gasteiger partial charge in [0.15, 0.2) is 0 Å². The highest BCUT2D eigenvalue weighted by molar-refractivity contribution is 5.49. The molecule has 11 heavy (non-hydrogen) atoms. The van der Waals surface area contributed by atoms with E-state index >= 15 is 0 Å². The second-order valence-electron chi connectivity index (χ2n) is 3.34. The Morgan fingerprint density at radius 1 is 1.36 bits per heavy atom. The molecule has 0 N–H and O–H groups in total. The molecule has 1 nitrogen and oxygen atoms in total. The number of carbonyl (C=O) groups excluding carboxylic acids is 1. The second-order valence-corrected chi connectivity index (χ2v) is 3.34. The molecule has 0 heterocycles. The van der Waals surface area contributed by atoms with Crippen LogP contribution < -0.4 is 0 Å². The fourth-order valence-electron chi connectivity index (χ4n) is 1.46. The summed E-state index contributed by atoms with van der Waals surface area (Å²) in [5.41, 5.74) is 0. The third kappa shape index (κ3) is 4.18. The third-order valence-corrected chi connectivity index (χ3v) is 2.51. The van der Waals surface area contributed by atoms with Gasteiger partial charge in [-0.1, -0.05) is 40.0 Å². The number of carbonyl (C=O) groups is 1. The maximum absolute atomic E-state index is 10.3. The predicted octanol–water partition coefficient (Wildman–Crippen LogP) is 3.04. The van der Waals surface area contributed by atoms with E-state index in [9.17, 15) is 4.79 Å². The minimum Gasteiger partial charge on any atom is -0.303 e. The van der Waals surface area contributed by atoms with Crippen LogP contribution in [-0.2, 0) is 4.79 Å². The van der Waals surface area contributed by atoms with Crippen LogP contribution in [0.2, 0.25) is 0 Å². The minimum absolute atomic E-state index is 0.627. The Morgan fingerprint density at radius 2 is 2.00 bits per heavy atom. The van der Waals surface area contributed by atoms with Gasteiger partial charge in [0.05, 0.1) is 0 Å². The van der Waals surface area contributed by atoms with Crippen molar-refractivity contribution in [2.75, 3.05) is 0 Å². The summed E-state index contributed by atoms with van der Waals surface area (Å²) < 4.78 is 0. The van der Waals surface area contributed by atoms with E-state index in [0.717, 1.165) is 12.7 Å².